The molecular weight excluding hydrogens is 240 g/mol. The molecule has 4 nitrogen and oxygen atoms in total. The predicted octanol–water partition coefficient (Wildman–Crippen LogP) is 2.29. The molecule has 0 bridgehead atoms. The topological polar surface area (TPSA) is 47.7 Å². The van der Waals surface area contributed by atoms with Gasteiger partial charge in [0.25, 0.3) is 0 Å². The number of nitrogens with zero attached hydrogens (tertiary/aromatic N) is 1. The lowest BCUT2D eigenvalue weighted by Crippen LogP contribution is -2.32. The summed E-state index contributed by atoms with van der Waals surface area (Å²) in [4.78, 5) is 2.19. The van der Waals surface area contributed by atoms with Gasteiger partial charge in [-0.25, -0.2) is 0 Å². The normalized spacial score (nSPS) is 14.3. The van der Waals surface area contributed by atoms with E-state index in [1.807, 2.05) is 18.2 Å². The SMILES string of the molecule is CCC(CN)C(c1cc(OC)ccc1OC)N(C)C. The molecule has 0 spiro atoms. The van der Waals surface area contributed by atoms with Gasteiger partial charge in [0, 0.05) is 11.6 Å². The minimum absolute atomic E-state index is 0.222. The van der Waals surface area contributed by atoms with Gasteiger partial charge in [0.15, 0.2) is 0 Å². The Kier molecular flexibility index (Phi) is 6.12. The van der Waals surface area contributed by atoms with Crippen LogP contribution in [0.15, 0.2) is 18.2 Å². The first kappa shape index (κ1) is 15.8. The first-order chi connectivity index (χ1) is 9.08. The molecule has 2 atom stereocenters. The third-order valence-corrected chi connectivity index (χ3v) is 3.59. The number of hydrogen-bond acceptors (Lipinski definition) is 4. The second-order valence-electron chi connectivity index (χ2n) is 4.92. The molecule has 0 aliphatic rings. The maximum Gasteiger partial charge on any atom is 0.123 e. The van der Waals surface area contributed by atoms with Gasteiger partial charge in [-0.15, -0.1) is 0 Å². The van der Waals surface area contributed by atoms with Gasteiger partial charge < -0.3 is 20.1 Å². The lowest BCUT2D eigenvalue weighted by atomic mass is 9.89. The molecule has 4 heteroatoms. The van der Waals surface area contributed by atoms with Crippen molar-refractivity contribution in [2.45, 2.75) is 19.4 Å². The van der Waals surface area contributed by atoms with Gasteiger partial charge in [-0.3, -0.25) is 0 Å². The summed E-state index contributed by atoms with van der Waals surface area (Å²) in [5.41, 5.74) is 7.05. The molecule has 0 aliphatic carbocycles. The molecule has 0 amide bonds. The molecule has 0 saturated heterocycles. The van der Waals surface area contributed by atoms with Crippen LogP contribution in [0.3, 0.4) is 0 Å². The molecule has 0 saturated carbocycles. The zero-order chi connectivity index (χ0) is 14.4. The fraction of sp³-hybridized carbons (Fsp3) is 0.600. The van der Waals surface area contributed by atoms with E-state index in [0.717, 1.165) is 23.5 Å². The Morgan fingerprint density at radius 1 is 1.21 bits per heavy atom. The average Bonchev–Trinajstić information content (AvgIpc) is 2.43. The first-order valence-electron chi connectivity index (χ1n) is 6.67. The minimum Gasteiger partial charge on any atom is -0.497 e. The van der Waals surface area contributed by atoms with Crippen molar-refractivity contribution in [1.82, 2.24) is 4.90 Å². The summed E-state index contributed by atoms with van der Waals surface area (Å²) in [6.07, 6.45) is 1.03. The van der Waals surface area contributed by atoms with Crippen LogP contribution < -0.4 is 15.2 Å². The molecule has 1 rings (SSSR count). The van der Waals surface area contributed by atoms with E-state index in [2.05, 4.69) is 25.9 Å². The first-order valence-corrected chi connectivity index (χ1v) is 6.67. The molecule has 0 fully saturated rings. The monoisotopic (exact) mass is 266 g/mol. The third kappa shape index (κ3) is 3.61. The molecule has 19 heavy (non-hydrogen) atoms. The largest absolute Gasteiger partial charge is 0.497 e. The maximum absolute atomic E-state index is 5.92. The highest BCUT2D eigenvalue weighted by atomic mass is 16.5. The minimum atomic E-state index is 0.222. The van der Waals surface area contributed by atoms with Crippen molar-refractivity contribution in [2.24, 2.45) is 11.7 Å². The van der Waals surface area contributed by atoms with Crippen molar-refractivity contribution >= 4 is 0 Å². The Morgan fingerprint density at radius 3 is 2.32 bits per heavy atom. The van der Waals surface area contributed by atoms with Crippen molar-refractivity contribution in [3.05, 3.63) is 23.8 Å². The van der Waals surface area contributed by atoms with E-state index in [-0.39, 0.29) is 6.04 Å². The summed E-state index contributed by atoms with van der Waals surface area (Å²) in [6.45, 7) is 2.82. The molecule has 2 N–H and O–H groups in total. The molecule has 1 aromatic carbocycles. The fourth-order valence-corrected chi connectivity index (χ4v) is 2.54. The highest BCUT2D eigenvalue weighted by molar-refractivity contribution is 5.42. The number of nitrogens with two attached hydrogens (primary N) is 1. The van der Waals surface area contributed by atoms with Gasteiger partial charge in [0.05, 0.1) is 14.2 Å². The van der Waals surface area contributed by atoms with Gasteiger partial charge in [-0.1, -0.05) is 13.3 Å². The zero-order valence-corrected chi connectivity index (χ0v) is 12.6. The van der Waals surface area contributed by atoms with E-state index in [9.17, 15) is 0 Å². The van der Waals surface area contributed by atoms with Crippen molar-refractivity contribution < 1.29 is 9.47 Å². The van der Waals surface area contributed by atoms with Crippen LogP contribution in [0.1, 0.15) is 24.9 Å². The zero-order valence-electron chi connectivity index (χ0n) is 12.6. The number of hydrogen-bond donors (Lipinski definition) is 1. The third-order valence-electron chi connectivity index (χ3n) is 3.59. The Bertz CT molecular complexity index is 390. The lowest BCUT2D eigenvalue weighted by Gasteiger charge is -2.32. The second kappa shape index (κ2) is 7.36. The molecular formula is C15H26N2O2. The number of rotatable bonds is 7. The van der Waals surface area contributed by atoms with E-state index in [1.165, 1.54) is 0 Å². The van der Waals surface area contributed by atoms with Crippen molar-refractivity contribution in [1.29, 1.82) is 0 Å². The molecule has 1 aromatic rings. The van der Waals surface area contributed by atoms with Crippen LogP contribution in [0.4, 0.5) is 0 Å². The number of methoxy groups -OCH3 is 2. The number of benzene rings is 1. The van der Waals surface area contributed by atoms with Crippen LogP contribution in [0.25, 0.3) is 0 Å². The molecule has 0 radical (unpaired) electrons. The molecule has 0 aliphatic heterocycles. The van der Waals surface area contributed by atoms with Crippen LogP contribution in [-0.4, -0.2) is 39.8 Å². The Morgan fingerprint density at radius 2 is 1.89 bits per heavy atom. The molecule has 0 heterocycles. The second-order valence-corrected chi connectivity index (χ2v) is 4.92. The summed E-state index contributed by atoms with van der Waals surface area (Å²) in [6, 6.07) is 6.13. The van der Waals surface area contributed by atoms with Gasteiger partial charge in [0.1, 0.15) is 11.5 Å². The van der Waals surface area contributed by atoms with Crippen LogP contribution >= 0.6 is 0 Å². The van der Waals surface area contributed by atoms with Crippen LogP contribution in [0.2, 0.25) is 0 Å². The van der Waals surface area contributed by atoms with Crippen molar-refractivity contribution in [3.63, 3.8) is 0 Å². The van der Waals surface area contributed by atoms with Gasteiger partial charge >= 0.3 is 0 Å². The van der Waals surface area contributed by atoms with Gasteiger partial charge in [-0.2, -0.15) is 0 Å². The van der Waals surface area contributed by atoms with Crippen LogP contribution in [0.5, 0.6) is 11.5 Å². The predicted molar refractivity (Wildman–Crippen MR) is 78.8 cm³/mol. The van der Waals surface area contributed by atoms with Gasteiger partial charge in [-0.05, 0) is 44.8 Å². The van der Waals surface area contributed by atoms with E-state index in [0.29, 0.717) is 12.5 Å². The summed E-state index contributed by atoms with van der Waals surface area (Å²) in [7, 11) is 7.52. The summed E-state index contributed by atoms with van der Waals surface area (Å²) < 4.78 is 10.8. The number of ether oxygens (including phenoxy) is 2. The van der Waals surface area contributed by atoms with E-state index in [1.54, 1.807) is 14.2 Å². The fourth-order valence-electron chi connectivity index (χ4n) is 2.54. The molecule has 108 valence electrons. The standard InChI is InChI=1S/C15H26N2O2/c1-6-11(10-16)15(17(2)3)13-9-12(18-4)7-8-14(13)19-5/h7-9,11,15H,6,10,16H2,1-5H3. The smallest absolute Gasteiger partial charge is 0.123 e. The molecule has 0 aromatic heterocycles. The summed E-state index contributed by atoms with van der Waals surface area (Å²) in [5, 5.41) is 0. The van der Waals surface area contributed by atoms with Gasteiger partial charge in [0.2, 0.25) is 0 Å². The highest BCUT2D eigenvalue weighted by Gasteiger charge is 2.26. The van der Waals surface area contributed by atoms with Crippen molar-refractivity contribution in [2.75, 3.05) is 34.9 Å². The Labute approximate surface area is 116 Å². The van der Waals surface area contributed by atoms with Crippen molar-refractivity contribution in [3.8, 4) is 11.5 Å². The highest BCUT2D eigenvalue weighted by Crippen LogP contribution is 2.36. The Balaban J connectivity index is 3.27. The van der Waals surface area contributed by atoms with E-state index >= 15 is 0 Å². The van der Waals surface area contributed by atoms with Crippen LogP contribution in [0, 0.1) is 5.92 Å². The lowest BCUT2D eigenvalue weighted by molar-refractivity contribution is 0.205. The Hall–Kier alpha value is -1.26. The summed E-state index contributed by atoms with van der Waals surface area (Å²) in [5.74, 6) is 2.11. The molecule has 2 unspecified atom stereocenters. The van der Waals surface area contributed by atoms with E-state index < -0.39 is 0 Å². The summed E-state index contributed by atoms with van der Waals surface area (Å²) >= 11 is 0. The quantitative estimate of drug-likeness (QED) is 0.822. The maximum atomic E-state index is 5.92. The average molecular weight is 266 g/mol. The van der Waals surface area contributed by atoms with Crippen LogP contribution in [-0.2, 0) is 0 Å². The van der Waals surface area contributed by atoms with E-state index in [4.69, 9.17) is 15.2 Å².